The molecule has 4 rings (SSSR count). The summed E-state index contributed by atoms with van der Waals surface area (Å²) in [6.07, 6.45) is 0. The van der Waals surface area contributed by atoms with E-state index >= 15 is 0 Å². The molecule has 196 valence electrons. The Kier molecular flexibility index (Phi) is 11.9. The molecule has 4 aromatic rings. The van der Waals surface area contributed by atoms with Crippen molar-refractivity contribution in [3.8, 4) is 0 Å². The molecule has 37 heavy (non-hydrogen) atoms. The monoisotopic (exact) mass is 602 g/mol. The number of rotatable bonds is 7. The molecular formula is C31H36N2O2RuS. The molecule has 0 amide bonds. The van der Waals surface area contributed by atoms with Crippen molar-refractivity contribution in [2.24, 2.45) is 5.73 Å². The molecule has 0 bridgehead atoms. The Morgan fingerprint density at radius 1 is 0.622 bits per heavy atom. The minimum atomic E-state index is -3.71. The maximum Gasteiger partial charge on any atom is 0.241 e. The second-order valence-electron chi connectivity index (χ2n) is 9.32. The van der Waals surface area contributed by atoms with Gasteiger partial charge in [0.2, 0.25) is 10.0 Å². The Balaban J connectivity index is 0.000000369. The SMILES string of the molecule is Cc1ccc(C(C)C)cc1.Cc1ccc(S(=O)(=O)N[C@@H](c2ccccc2)[C@@H](N)c2ccccc2)cc1.[Ru]. The quantitative estimate of drug-likeness (QED) is 0.228. The maximum atomic E-state index is 12.9. The summed E-state index contributed by atoms with van der Waals surface area (Å²) in [6, 6.07) is 33.3. The second kappa shape index (κ2) is 14.3. The van der Waals surface area contributed by atoms with Crippen LogP contribution in [0.2, 0.25) is 0 Å². The van der Waals surface area contributed by atoms with Crippen molar-refractivity contribution < 1.29 is 27.9 Å². The van der Waals surface area contributed by atoms with Gasteiger partial charge in [-0.25, -0.2) is 13.1 Å². The fraction of sp³-hybridized carbons (Fsp3) is 0.226. The number of nitrogens with one attached hydrogen (secondary N) is 1. The third kappa shape index (κ3) is 9.01. The van der Waals surface area contributed by atoms with Crippen LogP contribution < -0.4 is 10.5 Å². The topological polar surface area (TPSA) is 72.2 Å². The van der Waals surface area contributed by atoms with Gasteiger partial charge < -0.3 is 5.73 Å². The summed E-state index contributed by atoms with van der Waals surface area (Å²) in [5.74, 6) is 0.653. The van der Waals surface area contributed by atoms with Crippen LogP contribution in [0.5, 0.6) is 0 Å². The van der Waals surface area contributed by atoms with Crippen molar-refractivity contribution in [3.05, 3.63) is 137 Å². The molecule has 0 spiro atoms. The van der Waals surface area contributed by atoms with Crippen LogP contribution in [0.3, 0.4) is 0 Å². The predicted octanol–water partition coefficient (Wildman–Crippen LogP) is 6.83. The minimum Gasteiger partial charge on any atom is -0.322 e. The van der Waals surface area contributed by atoms with Gasteiger partial charge in [0.25, 0.3) is 0 Å². The van der Waals surface area contributed by atoms with Gasteiger partial charge in [0.1, 0.15) is 0 Å². The third-order valence-corrected chi connectivity index (χ3v) is 7.52. The van der Waals surface area contributed by atoms with E-state index in [0.29, 0.717) is 5.92 Å². The molecule has 0 saturated carbocycles. The third-order valence-electron chi connectivity index (χ3n) is 6.06. The molecule has 0 saturated heterocycles. The largest absolute Gasteiger partial charge is 0.322 e. The van der Waals surface area contributed by atoms with Crippen molar-refractivity contribution in [2.45, 2.75) is 50.6 Å². The van der Waals surface area contributed by atoms with E-state index in [4.69, 9.17) is 5.73 Å². The van der Waals surface area contributed by atoms with Crippen molar-refractivity contribution in [1.82, 2.24) is 4.72 Å². The van der Waals surface area contributed by atoms with E-state index in [9.17, 15) is 8.42 Å². The molecule has 4 nitrogen and oxygen atoms in total. The Morgan fingerprint density at radius 2 is 1.05 bits per heavy atom. The van der Waals surface area contributed by atoms with Crippen molar-refractivity contribution in [3.63, 3.8) is 0 Å². The van der Waals surface area contributed by atoms with Gasteiger partial charge >= 0.3 is 0 Å². The summed E-state index contributed by atoms with van der Waals surface area (Å²) in [4.78, 5) is 0.226. The van der Waals surface area contributed by atoms with E-state index in [-0.39, 0.29) is 24.4 Å². The maximum absolute atomic E-state index is 12.9. The van der Waals surface area contributed by atoms with E-state index in [1.54, 1.807) is 24.3 Å². The molecule has 0 radical (unpaired) electrons. The molecule has 0 unspecified atom stereocenters. The number of aryl methyl sites for hydroxylation is 2. The van der Waals surface area contributed by atoms with E-state index in [0.717, 1.165) is 16.7 Å². The average Bonchev–Trinajstić information content (AvgIpc) is 2.89. The summed E-state index contributed by atoms with van der Waals surface area (Å²) in [5, 5.41) is 0. The van der Waals surface area contributed by atoms with Gasteiger partial charge in [0.15, 0.2) is 0 Å². The van der Waals surface area contributed by atoms with Gasteiger partial charge in [-0.15, -0.1) is 0 Å². The smallest absolute Gasteiger partial charge is 0.241 e. The normalized spacial score (nSPS) is 12.6. The number of hydrogen-bond donors (Lipinski definition) is 2. The molecule has 0 aromatic heterocycles. The molecule has 0 fully saturated rings. The zero-order valence-electron chi connectivity index (χ0n) is 21.8. The Bertz CT molecular complexity index is 1310. The number of sulfonamides is 1. The zero-order valence-corrected chi connectivity index (χ0v) is 24.3. The summed E-state index contributed by atoms with van der Waals surface area (Å²) in [7, 11) is -3.71. The Labute approximate surface area is 235 Å². The first-order chi connectivity index (χ1) is 17.2. The molecule has 0 aliphatic heterocycles. The molecule has 6 heteroatoms. The Hall–Kier alpha value is -2.63. The summed E-state index contributed by atoms with van der Waals surface area (Å²) in [6.45, 7) is 8.46. The van der Waals surface area contributed by atoms with E-state index in [2.05, 4.69) is 49.8 Å². The standard InChI is InChI=1S/C21H22N2O2S.C10H14.Ru/c1-16-12-14-19(15-13-16)26(24,25)23-21(18-10-6-3-7-11-18)20(22)17-8-4-2-5-9-17;1-8(2)10-6-4-9(3)5-7-10;/h2-15,20-21,23H,22H2,1H3;4-8H,1-3H3;/t20-,21-;;/m0../s1. The molecule has 0 aliphatic carbocycles. The van der Waals surface area contributed by atoms with Gasteiger partial charge in [0.05, 0.1) is 17.0 Å². The van der Waals surface area contributed by atoms with Gasteiger partial charge in [0, 0.05) is 19.5 Å². The van der Waals surface area contributed by atoms with Crippen LogP contribution in [0.15, 0.2) is 114 Å². The van der Waals surface area contributed by atoms with Gasteiger partial charge in [-0.2, -0.15) is 0 Å². The number of hydrogen-bond acceptors (Lipinski definition) is 3. The van der Waals surface area contributed by atoms with Gasteiger partial charge in [-0.1, -0.05) is 122 Å². The van der Waals surface area contributed by atoms with Crippen molar-refractivity contribution in [2.75, 3.05) is 0 Å². The van der Waals surface area contributed by atoms with E-state index in [1.807, 2.05) is 67.6 Å². The van der Waals surface area contributed by atoms with Crippen LogP contribution in [-0.2, 0) is 29.5 Å². The van der Waals surface area contributed by atoms with Crippen LogP contribution in [0, 0.1) is 13.8 Å². The molecule has 4 aromatic carbocycles. The minimum absolute atomic E-state index is 0. The van der Waals surface area contributed by atoms with Crippen LogP contribution >= 0.6 is 0 Å². The first kappa shape index (κ1) is 30.6. The van der Waals surface area contributed by atoms with E-state index < -0.39 is 22.1 Å². The first-order valence-corrected chi connectivity index (χ1v) is 13.7. The molecule has 3 N–H and O–H groups in total. The molecular weight excluding hydrogens is 565 g/mol. The van der Waals surface area contributed by atoms with Crippen LogP contribution in [0.1, 0.15) is 59.7 Å². The zero-order chi connectivity index (χ0) is 26.1. The molecule has 0 heterocycles. The van der Waals surface area contributed by atoms with Crippen molar-refractivity contribution in [1.29, 1.82) is 0 Å². The summed E-state index contributed by atoms with van der Waals surface area (Å²) in [5.41, 5.74) is 11.9. The van der Waals surface area contributed by atoms with E-state index in [1.165, 1.54) is 11.1 Å². The van der Waals surface area contributed by atoms with Gasteiger partial charge in [-0.05, 0) is 48.6 Å². The summed E-state index contributed by atoms with van der Waals surface area (Å²) < 4.78 is 28.6. The van der Waals surface area contributed by atoms with Crippen LogP contribution in [0.4, 0.5) is 0 Å². The van der Waals surface area contributed by atoms with Crippen LogP contribution in [-0.4, -0.2) is 8.42 Å². The first-order valence-electron chi connectivity index (χ1n) is 12.2. The average molecular weight is 602 g/mol. The Morgan fingerprint density at radius 3 is 1.51 bits per heavy atom. The fourth-order valence-corrected chi connectivity index (χ4v) is 5.03. The van der Waals surface area contributed by atoms with Gasteiger partial charge in [-0.3, -0.25) is 0 Å². The molecule has 0 aliphatic rings. The van der Waals surface area contributed by atoms with Crippen LogP contribution in [0.25, 0.3) is 0 Å². The van der Waals surface area contributed by atoms with Crippen molar-refractivity contribution >= 4 is 10.0 Å². The number of benzene rings is 4. The second-order valence-corrected chi connectivity index (χ2v) is 11.0. The molecule has 2 atom stereocenters. The summed E-state index contributed by atoms with van der Waals surface area (Å²) >= 11 is 0. The fourth-order valence-electron chi connectivity index (χ4n) is 3.78. The number of nitrogens with two attached hydrogens (primary N) is 1. The predicted molar refractivity (Wildman–Crippen MR) is 149 cm³/mol.